The van der Waals surface area contributed by atoms with Crippen LogP contribution in [0.15, 0.2) is 48.7 Å². The zero-order valence-electron chi connectivity index (χ0n) is 19.3. The van der Waals surface area contributed by atoms with Crippen molar-refractivity contribution < 1.29 is 60.7 Å². The molecule has 15 heteroatoms. The molecule has 3 rings (SSSR count). The fourth-order valence-electron chi connectivity index (χ4n) is 3.17. The largest absolute Gasteiger partial charge is 0.573 e. The molecule has 204 valence electrons. The predicted octanol–water partition coefficient (Wildman–Crippen LogP) is 4.63. The van der Waals surface area contributed by atoms with Gasteiger partial charge in [-0.15, -0.1) is 13.2 Å². The summed E-state index contributed by atoms with van der Waals surface area (Å²) in [6, 6.07) is 5.89. The number of amides is 1. The van der Waals surface area contributed by atoms with E-state index in [1.807, 2.05) is 0 Å². The number of nitrogens with zero attached hydrogens (tertiary/aromatic N) is 1. The van der Waals surface area contributed by atoms with Crippen LogP contribution in [-0.2, 0) is 6.18 Å². The Balaban J connectivity index is 2.11. The maximum Gasteiger partial charge on any atom is 0.573 e. The van der Waals surface area contributed by atoms with E-state index in [2.05, 4.69) is 19.8 Å². The second-order valence-corrected chi connectivity index (χ2v) is 7.74. The van der Waals surface area contributed by atoms with Crippen LogP contribution in [-0.4, -0.2) is 38.7 Å². The van der Waals surface area contributed by atoms with Crippen molar-refractivity contribution in [1.82, 2.24) is 4.98 Å². The number of aromatic nitrogens is 1. The topological polar surface area (TPSA) is 130 Å². The number of pyridine rings is 1. The lowest BCUT2D eigenvalue weighted by molar-refractivity contribution is -0.419. The Morgan fingerprint density at radius 2 is 1.58 bits per heavy atom. The van der Waals surface area contributed by atoms with Crippen LogP contribution in [0.4, 0.5) is 32.0 Å². The summed E-state index contributed by atoms with van der Waals surface area (Å²) >= 11 is 0. The third kappa shape index (κ3) is 7.71. The lowest BCUT2D eigenvalue weighted by Crippen LogP contribution is -2.34. The second kappa shape index (κ2) is 10.4. The van der Waals surface area contributed by atoms with Gasteiger partial charge in [0.1, 0.15) is 11.5 Å². The average Bonchev–Trinajstić information content (AvgIpc) is 2.73. The van der Waals surface area contributed by atoms with Crippen molar-refractivity contribution in [2.45, 2.75) is 32.5 Å². The van der Waals surface area contributed by atoms with Gasteiger partial charge in [0.05, 0.1) is 11.1 Å². The van der Waals surface area contributed by atoms with E-state index in [1.54, 1.807) is 6.92 Å². The first-order chi connectivity index (χ1) is 17.4. The molecule has 4 N–H and O–H groups in total. The summed E-state index contributed by atoms with van der Waals surface area (Å²) in [7, 11) is 0. The Morgan fingerprint density at radius 3 is 2.16 bits per heavy atom. The van der Waals surface area contributed by atoms with Gasteiger partial charge in [-0.2, -0.15) is 13.2 Å². The zero-order valence-corrected chi connectivity index (χ0v) is 19.3. The van der Waals surface area contributed by atoms with Gasteiger partial charge in [-0.05, 0) is 55.8 Å². The number of ether oxygens (including phenoxy) is 3. The number of halogens is 6. The maximum absolute atomic E-state index is 13.5. The normalized spacial score (nSPS) is 12.2. The van der Waals surface area contributed by atoms with E-state index in [0.29, 0.717) is 30.0 Å². The van der Waals surface area contributed by atoms with Gasteiger partial charge in [0.2, 0.25) is 0 Å². The standard InChI is InChI=1S/C23H18F6N2O7/c1-11-7-13(21(24,25)26)9-16(20(32)31-14-5-6-30-12(2)8-14)19(11)36-17-4-3-15(37-22(27,28)29)10-18(17)38-23(33,34)35/h3-10,33-35H,1-2H3,(H,30,31,32). The van der Waals surface area contributed by atoms with Crippen LogP contribution in [0.5, 0.6) is 23.0 Å². The molecule has 9 nitrogen and oxygen atoms in total. The zero-order chi connectivity index (χ0) is 28.5. The van der Waals surface area contributed by atoms with Crippen LogP contribution in [0.25, 0.3) is 0 Å². The van der Waals surface area contributed by atoms with Crippen LogP contribution < -0.4 is 19.5 Å². The summed E-state index contributed by atoms with van der Waals surface area (Å²) in [5.74, 6) is -4.04. The Kier molecular flexibility index (Phi) is 7.76. The van der Waals surface area contributed by atoms with Crippen LogP contribution in [0, 0.1) is 13.8 Å². The quantitative estimate of drug-likeness (QED) is 0.249. The molecule has 38 heavy (non-hydrogen) atoms. The van der Waals surface area contributed by atoms with E-state index in [4.69, 9.17) is 4.74 Å². The SMILES string of the molecule is Cc1cc(NC(=O)c2cc(C(F)(F)F)cc(C)c2Oc2ccc(OC(F)(F)F)cc2OC(O)(O)O)ccn1. The van der Waals surface area contributed by atoms with Crippen molar-refractivity contribution in [1.29, 1.82) is 0 Å². The lowest BCUT2D eigenvalue weighted by atomic mass is 10.0. The molecule has 0 atom stereocenters. The van der Waals surface area contributed by atoms with Gasteiger partial charge in [0.25, 0.3) is 5.91 Å². The molecule has 0 aliphatic carbocycles. The third-order valence-electron chi connectivity index (χ3n) is 4.61. The highest BCUT2D eigenvalue weighted by Gasteiger charge is 2.35. The molecule has 1 heterocycles. The monoisotopic (exact) mass is 548 g/mol. The molecule has 0 saturated carbocycles. The molecule has 2 aromatic carbocycles. The summed E-state index contributed by atoms with van der Waals surface area (Å²) in [5, 5.41) is 29.9. The summed E-state index contributed by atoms with van der Waals surface area (Å²) < 4.78 is 91.9. The summed E-state index contributed by atoms with van der Waals surface area (Å²) in [4.78, 5) is 17.0. The first-order valence-electron chi connectivity index (χ1n) is 10.3. The molecule has 0 unspecified atom stereocenters. The van der Waals surface area contributed by atoms with Gasteiger partial charge in [-0.1, -0.05) is 0 Å². The number of aliphatic hydroxyl groups is 3. The fraction of sp³-hybridized carbons (Fsp3) is 0.217. The van der Waals surface area contributed by atoms with Crippen molar-refractivity contribution in [3.8, 4) is 23.0 Å². The highest BCUT2D eigenvalue weighted by Crippen LogP contribution is 2.41. The fourth-order valence-corrected chi connectivity index (χ4v) is 3.17. The minimum absolute atomic E-state index is 0.187. The Labute approximate surface area is 209 Å². The van der Waals surface area contributed by atoms with E-state index >= 15 is 0 Å². The number of hydrogen-bond acceptors (Lipinski definition) is 8. The molecule has 0 aliphatic heterocycles. The van der Waals surface area contributed by atoms with E-state index in [-0.39, 0.29) is 11.3 Å². The first kappa shape index (κ1) is 28.5. The maximum atomic E-state index is 13.5. The smallest absolute Gasteiger partial charge is 0.452 e. The van der Waals surface area contributed by atoms with Gasteiger partial charge in [-0.25, -0.2) is 0 Å². The number of rotatable bonds is 7. The van der Waals surface area contributed by atoms with Crippen molar-refractivity contribution in [3.05, 3.63) is 71.0 Å². The molecule has 0 radical (unpaired) electrons. The summed E-state index contributed by atoms with van der Waals surface area (Å²) in [5.41, 5.74) is -1.41. The molecule has 1 amide bonds. The lowest BCUT2D eigenvalue weighted by Gasteiger charge is -2.21. The number of carbonyl (C=O) groups excluding carboxylic acids is 1. The molecule has 0 aliphatic rings. The van der Waals surface area contributed by atoms with Gasteiger partial charge >= 0.3 is 18.7 Å². The van der Waals surface area contributed by atoms with Gasteiger partial charge < -0.3 is 34.8 Å². The van der Waals surface area contributed by atoms with Crippen molar-refractivity contribution in [2.24, 2.45) is 0 Å². The van der Waals surface area contributed by atoms with E-state index in [0.717, 1.165) is 13.0 Å². The molecule has 0 saturated heterocycles. The highest BCUT2D eigenvalue weighted by atomic mass is 19.4. The minimum atomic E-state index is -5.16. The number of aryl methyl sites for hydroxylation is 2. The van der Waals surface area contributed by atoms with E-state index in [1.165, 1.54) is 18.3 Å². The third-order valence-corrected chi connectivity index (χ3v) is 4.61. The predicted molar refractivity (Wildman–Crippen MR) is 116 cm³/mol. The number of hydrogen-bond donors (Lipinski definition) is 4. The van der Waals surface area contributed by atoms with E-state index in [9.17, 15) is 46.5 Å². The summed E-state index contributed by atoms with van der Waals surface area (Å²) in [6.07, 6.45) is -12.6. The second-order valence-electron chi connectivity index (χ2n) is 7.74. The average molecular weight is 548 g/mol. The van der Waals surface area contributed by atoms with Crippen LogP contribution in [0.1, 0.15) is 27.2 Å². The summed E-state index contributed by atoms with van der Waals surface area (Å²) in [6.45, 7) is 2.77. The molecule has 3 aromatic rings. The van der Waals surface area contributed by atoms with Gasteiger partial charge in [0, 0.05) is 23.6 Å². The van der Waals surface area contributed by atoms with Crippen LogP contribution in [0.3, 0.4) is 0 Å². The van der Waals surface area contributed by atoms with Crippen LogP contribution >= 0.6 is 0 Å². The van der Waals surface area contributed by atoms with Crippen molar-refractivity contribution in [3.63, 3.8) is 0 Å². The minimum Gasteiger partial charge on any atom is -0.452 e. The first-order valence-corrected chi connectivity index (χ1v) is 10.3. The molecule has 0 bridgehead atoms. The van der Waals surface area contributed by atoms with Crippen molar-refractivity contribution >= 4 is 11.6 Å². The number of benzene rings is 2. The molecule has 0 spiro atoms. The Hall–Kier alpha value is -4.08. The highest BCUT2D eigenvalue weighted by molar-refractivity contribution is 6.06. The molecular weight excluding hydrogens is 530 g/mol. The van der Waals surface area contributed by atoms with Crippen LogP contribution in [0.2, 0.25) is 0 Å². The number of carbonyl (C=O) groups is 1. The van der Waals surface area contributed by atoms with E-state index < -0.39 is 58.7 Å². The van der Waals surface area contributed by atoms with Gasteiger partial charge in [-0.3, -0.25) is 9.78 Å². The molecular formula is C23H18F6N2O7. The Morgan fingerprint density at radius 1 is 0.895 bits per heavy atom. The van der Waals surface area contributed by atoms with Crippen molar-refractivity contribution in [2.75, 3.05) is 5.32 Å². The number of nitrogens with one attached hydrogen (secondary N) is 1. The molecule has 1 aromatic heterocycles. The number of anilines is 1. The molecule has 0 fully saturated rings. The number of alkyl halides is 6. The van der Waals surface area contributed by atoms with Gasteiger partial charge in [0.15, 0.2) is 11.5 Å². The Bertz CT molecular complexity index is 1340.